The number of pyridine rings is 2. The Bertz CT molecular complexity index is 3070. The first kappa shape index (κ1) is 47.4. The van der Waals surface area contributed by atoms with Crippen molar-refractivity contribution in [2.24, 2.45) is 11.7 Å². The van der Waals surface area contributed by atoms with Crippen LogP contribution in [0.3, 0.4) is 0 Å². The minimum Gasteiger partial charge on any atom is -0.497 e. The number of fused-ring (bicyclic) bond motifs is 4. The van der Waals surface area contributed by atoms with Crippen molar-refractivity contribution < 1.29 is 42.9 Å². The molecule has 4 aromatic heterocycles. The summed E-state index contributed by atoms with van der Waals surface area (Å²) in [7, 11) is 3.15. The number of aromatic nitrogens is 6. The number of amides is 3. The average molecular weight is 943 g/mol. The molecule has 3 amide bonds. The van der Waals surface area contributed by atoms with Crippen molar-refractivity contribution in [2.45, 2.75) is 64.1 Å². The summed E-state index contributed by atoms with van der Waals surface area (Å²) in [6, 6.07) is 17.6. The van der Waals surface area contributed by atoms with E-state index in [-0.39, 0.29) is 66.2 Å². The fourth-order valence-corrected chi connectivity index (χ4v) is 8.42. The molecule has 0 radical (unpaired) electrons. The third-order valence-corrected chi connectivity index (χ3v) is 11.9. The lowest BCUT2D eigenvalue weighted by Crippen LogP contribution is -2.29. The molecule has 2 aromatic carbocycles. The van der Waals surface area contributed by atoms with E-state index < -0.39 is 0 Å². The van der Waals surface area contributed by atoms with Crippen LogP contribution in [0.5, 0.6) is 23.0 Å². The number of methoxy groups -OCH3 is 2. The second-order valence-corrected chi connectivity index (χ2v) is 16.7. The molecule has 2 fully saturated rings. The Morgan fingerprint density at radius 1 is 0.725 bits per heavy atom. The third kappa shape index (κ3) is 11.0. The first-order valence-corrected chi connectivity index (χ1v) is 22.4. The van der Waals surface area contributed by atoms with Gasteiger partial charge >= 0.3 is 0 Å². The zero-order valence-corrected chi connectivity index (χ0v) is 38.0. The van der Waals surface area contributed by atoms with E-state index in [0.29, 0.717) is 103 Å². The second kappa shape index (κ2) is 21.3. The Labute approximate surface area is 394 Å². The van der Waals surface area contributed by atoms with Gasteiger partial charge < -0.3 is 43.9 Å². The van der Waals surface area contributed by atoms with Crippen molar-refractivity contribution in [3.63, 3.8) is 0 Å². The molecule has 358 valence electrons. The average Bonchev–Trinajstić information content (AvgIpc) is 3.91. The first-order chi connectivity index (χ1) is 33.4. The number of aldehydes is 1. The van der Waals surface area contributed by atoms with Crippen LogP contribution in [0.1, 0.15) is 44.2 Å². The van der Waals surface area contributed by atoms with Crippen molar-refractivity contribution in [1.29, 1.82) is 0 Å². The minimum atomic E-state index is -0.262. The van der Waals surface area contributed by atoms with Crippen LogP contribution in [0.15, 0.2) is 82.6 Å². The molecule has 0 saturated carbocycles. The molecule has 0 spiro atoms. The molecule has 3 N–H and O–H groups in total. The monoisotopic (exact) mass is 942 g/mol. The number of carbonyl (C=O) groups is 5. The summed E-state index contributed by atoms with van der Waals surface area (Å²) in [4.78, 5) is 102. The summed E-state index contributed by atoms with van der Waals surface area (Å²) in [5.41, 5.74) is 8.87. The maximum atomic E-state index is 12.6. The van der Waals surface area contributed by atoms with Crippen molar-refractivity contribution in [2.75, 3.05) is 55.6 Å². The highest BCUT2D eigenvalue weighted by Gasteiger charge is 2.33. The van der Waals surface area contributed by atoms with Crippen molar-refractivity contribution in [3.05, 3.63) is 99.5 Å². The van der Waals surface area contributed by atoms with Crippen LogP contribution in [0.4, 0.5) is 17.5 Å². The summed E-state index contributed by atoms with van der Waals surface area (Å²) in [6.45, 7) is 2.04. The van der Waals surface area contributed by atoms with Gasteiger partial charge in [0.25, 0.3) is 17.0 Å². The number of nitrogens with one attached hydrogen (secondary N) is 1. The number of hydrogen-bond acceptors (Lipinski definition) is 16. The van der Waals surface area contributed by atoms with E-state index in [1.807, 2.05) is 18.2 Å². The second-order valence-electron chi connectivity index (χ2n) is 16.7. The fourth-order valence-electron chi connectivity index (χ4n) is 8.42. The lowest BCUT2D eigenvalue weighted by molar-refractivity contribution is -0.121. The molecule has 0 bridgehead atoms. The SMILES string of the molecule is COc1ccc2ncc(=O)n(CCC=O)c2c1.COc1ccc2ncc(=O)n(CCCC[C@H]3CC(=O)N(c4ccc5c(n4)NC(=O)CO5)C3)c2c1.N[C@H]1CC(=O)N(c2ccc3c(n2)CC(=O)CO3)C1. The lowest BCUT2D eigenvalue weighted by atomic mass is 10.0. The Morgan fingerprint density at radius 2 is 1.33 bits per heavy atom. The predicted molar refractivity (Wildman–Crippen MR) is 252 cm³/mol. The van der Waals surface area contributed by atoms with Gasteiger partial charge in [-0.05, 0) is 67.3 Å². The van der Waals surface area contributed by atoms with Gasteiger partial charge in [-0.25, -0.2) is 19.9 Å². The quantitative estimate of drug-likeness (QED) is 0.132. The normalized spacial score (nSPS) is 17.1. The Balaban J connectivity index is 0.000000154. The summed E-state index contributed by atoms with van der Waals surface area (Å²) < 4.78 is 24.3. The van der Waals surface area contributed by atoms with E-state index in [0.717, 1.165) is 36.6 Å². The number of ketones is 1. The number of hydrogen-bond donors (Lipinski definition) is 2. The lowest BCUT2D eigenvalue weighted by Gasteiger charge is -2.21. The molecule has 0 unspecified atom stereocenters. The van der Waals surface area contributed by atoms with E-state index in [1.165, 1.54) is 17.0 Å². The molecule has 0 aliphatic carbocycles. The zero-order chi connectivity index (χ0) is 48.6. The number of Topliss-reactive ketones (excluding diaryl/α,β-unsaturated/α-hetero) is 1. The molecular weight excluding hydrogens is 893 g/mol. The molecule has 21 heteroatoms. The number of benzene rings is 2. The van der Waals surface area contributed by atoms with Crippen LogP contribution >= 0.6 is 0 Å². The van der Waals surface area contributed by atoms with Gasteiger partial charge in [0.2, 0.25) is 11.8 Å². The molecule has 4 aliphatic heterocycles. The number of aryl methyl sites for hydroxylation is 2. The van der Waals surface area contributed by atoms with Crippen molar-refractivity contribution in [1.82, 2.24) is 29.1 Å². The van der Waals surface area contributed by atoms with E-state index in [4.69, 9.17) is 24.7 Å². The Hall–Kier alpha value is -8.07. The molecule has 21 nitrogen and oxygen atoms in total. The third-order valence-electron chi connectivity index (χ3n) is 11.9. The Kier molecular flexibility index (Phi) is 14.6. The van der Waals surface area contributed by atoms with E-state index >= 15 is 0 Å². The summed E-state index contributed by atoms with van der Waals surface area (Å²) in [5, 5.41) is 2.68. The topological polar surface area (TPSA) is 262 Å². The van der Waals surface area contributed by atoms with Gasteiger partial charge in [-0.1, -0.05) is 6.42 Å². The highest BCUT2D eigenvalue weighted by molar-refractivity contribution is 5.97. The van der Waals surface area contributed by atoms with Gasteiger partial charge in [-0.15, -0.1) is 0 Å². The van der Waals surface area contributed by atoms with Crippen LogP contribution < -0.4 is 50.9 Å². The van der Waals surface area contributed by atoms with Crippen LogP contribution in [-0.2, 0) is 43.5 Å². The zero-order valence-electron chi connectivity index (χ0n) is 38.0. The number of nitrogens with two attached hydrogens (primary N) is 1. The van der Waals surface area contributed by atoms with E-state index in [1.54, 1.807) is 71.1 Å². The van der Waals surface area contributed by atoms with Gasteiger partial charge in [-0.3, -0.25) is 38.6 Å². The van der Waals surface area contributed by atoms with Crippen LogP contribution in [-0.4, -0.2) is 105 Å². The van der Waals surface area contributed by atoms with Crippen LogP contribution in [0, 0.1) is 5.92 Å². The summed E-state index contributed by atoms with van der Waals surface area (Å²) >= 11 is 0. The number of nitrogens with zero attached hydrogens (tertiary/aromatic N) is 8. The standard InChI is InChI=1S/C24H25N5O5.C12H13N3O3.C12H12N2O3/c1-33-16-5-6-17-18(11-16)28(23(32)12-25-17)9-3-2-4-15-10-22(31)29(13-15)20-8-7-19-24(26-20)27-21(30)14-34-19;13-7-3-12(17)15(5-7)11-2-1-10-9(14-11)4-8(16)6-18-10;1-17-9-3-4-10-11(7-9)14(5-2-6-15)12(16)8-13-10/h5-8,11-12,15H,2-4,9-10,13-14H2,1H3,(H,26,27,30);1-2,7H,3-6,13H2;3-4,6-8H,2,5H2,1H3/t15-;7-;/m00./s1. The van der Waals surface area contributed by atoms with Crippen molar-refractivity contribution >= 4 is 69.3 Å². The van der Waals surface area contributed by atoms with Crippen molar-refractivity contribution in [3.8, 4) is 23.0 Å². The molecule has 6 aromatic rings. The smallest absolute Gasteiger partial charge is 0.269 e. The minimum absolute atomic E-state index is 0.00315. The van der Waals surface area contributed by atoms with Gasteiger partial charge in [-0.2, -0.15) is 0 Å². The van der Waals surface area contributed by atoms with Gasteiger partial charge in [0, 0.05) is 63.6 Å². The molecular formula is C48H50N10O11. The summed E-state index contributed by atoms with van der Waals surface area (Å²) in [5.74, 6) is 3.80. The van der Waals surface area contributed by atoms with E-state index in [2.05, 4.69) is 25.3 Å². The predicted octanol–water partition coefficient (Wildman–Crippen LogP) is 3.00. The molecule has 10 rings (SSSR count). The molecule has 2 saturated heterocycles. The maximum absolute atomic E-state index is 12.6. The van der Waals surface area contributed by atoms with Crippen LogP contribution in [0.25, 0.3) is 22.1 Å². The number of rotatable bonds is 12. The number of ether oxygens (including phenoxy) is 4. The Morgan fingerprint density at radius 3 is 1.97 bits per heavy atom. The van der Waals surface area contributed by atoms with Gasteiger partial charge in [0.1, 0.15) is 41.8 Å². The largest absolute Gasteiger partial charge is 0.497 e. The molecule has 2 atom stereocenters. The van der Waals surface area contributed by atoms with Crippen LogP contribution in [0.2, 0.25) is 0 Å². The van der Waals surface area contributed by atoms with Gasteiger partial charge in [0.05, 0.1) is 60.8 Å². The maximum Gasteiger partial charge on any atom is 0.269 e. The van der Waals surface area contributed by atoms with Gasteiger partial charge in [0.15, 0.2) is 24.0 Å². The summed E-state index contributed by atoms with van der Waals surface area (Å²) in [6.07, 6.45) is 7.32. The highest BCUT2D eigenvalue weighted by Crippen LogP contribution is 2.33. The van der Waals surface area contributed by atoms with E-state index in [9.17, 15) is 33.6 Å². The fraction of sp³-hybridized carbons (Fsp3) is 0.354. The molecule has 8 heterocycles. The number of carbonyl (C=O) groups excluding carboxylic acids is 5. The number of anilines is 3. The molecule has 69 heavy (non-hydrogen) atoms. The first-order valence-electron chi connectivity index (χ1n) is 22.4. The molecule has 4 aliphatic rings. The highest BCUT2D eigenvalue weighted by atomic mass is 16.5. The number of unbranched alkanes of at least 4 members (excludes halogenated alkanes) is 1.